The highest BCUT2D eigenvalue weighted by Crippen LogP contribution is 2.43. The second-order valence-corrected chi connectivity index (χ2v) is 6.71. The molecule has 2 saturated carbocycles. The molecule has 2 nitrogen and oxygen atoms in total. The normalized spacial score (nSPS) is 30.2. The predicted molar refractivity (Wildman–Crippen MR) is 83.3 cm³/mol. The highest BCUT2D eigenvalue weighted by atomic mass is 16.5. The highest BCUT2D eigenvalue weighted by molar-refractivity contribution is 5.37. The summed E-state index contributed by atoms with van der Waals surface area (Å²) < 4.78 is 5.60. The van der Waals surface area contributed by atoms with Crippen molar-refractivity contribution in [2.24, 2.45) is 11.8 Å². The highest BCUT2D eigenvalue weighted by Gasteiger charge is 2.32. The maximum Gasteiger partial charge on any atom is 0.122 e. The molecule has 0 saturated heterocycles. The van der Waals surface area contributed by atoms with Crippen LogP contribution in [0.5, 0.6) is 5.75 Å². The van der Waals surface area contributed by atoms with Crippen LogP contribution >= 0.6 is 0 Å². The molecule has 2 aliphatic rings. The van der Waals surface area contributed by atoms with Crippen molar-refractivity contribution in [2.75, 3.05) is 13.7 Å². The third-order valence-corrected chi connectivity index (χ3v) is 5.04. The van der Waals surface area contributed by atoms with Crippen molar-refractivity contribution >= 4 is 0 Å². The van der Waals surface area contributed by atoms with E-state index in [1.54, 1.807) is 7.11 Å². The number of nitrogens with one attached hydrogen (secondary N) is 1. The lowest BCUT2D eigenvalue weighted by molar-refractivity contribution is 0.237. The van der Waals surface area contributed by atoms with Crippen molar-refractivity contribution in [3.63, 3.8) is 0 Å². The maximum absolute atomic E-state index is 5.60. The number of hydrogen-bond acceptors (Lipinski definition) is 2. The molecule has 2 aliphatic carbocycles. The second kappa shape index (κ2) is 6.17. The van der Waals surface area contributed by atoms with E-state index in [0.717, 1.165) is 23.6 Å². The molecule has 3 rings (SSSR count). The summed E-state index contributed by atoms with van der Waals surface area (Å²) in [6, 6.07) is 9.42. The Labute approximate surface area is 122 Å². The van der Waals surface area contributed by atoms with Crippen LogP contribution in [0.2, 0.25) is 0 Å². The lowest BCUT2D eigenvalue weighted by atomic mass is 9.71. The fourth-order valence-corrected chi connectivity index (χ4v) is 3.65. The minimum atomic E-state index is 0.654. The minimum absolute atomic E-state index is 0.654. The van der Waals surface area contributed by atoms with Gasteiger partial charge in [0, 0.05) is 6.04 Å². The molecule has 1 aromatic rings. The van der Waals surface area contributed by atoms with Crippen molar-refractivity contribution in [1.82, 2.24) is 5.32 Å². The van der Waals surface area contributed by atoms with Crippen molar-refractivity contribution in [3.05, 3.63) is 29.8 Å². The summed E-state index contributed by atoms with van der Waals surface area (Å²) in [6.45, 7) is 3.58. The quantitative estimate of drug-likeness (QED) is 0.876. The first-order chi connectivity index (χ1) is 9.78. The summed E-state index contributed by atoms with van der Waals surface area (Å²) in [4.78, 5) is 0. The van der Waals surface area contributed by atoms with E-state index in [9.17, 15) is 0 Å². The molecule has 0 aromatic heterocycles. The van der Waals surface area contributed by atoms with Crippen LogP contribution in [0.1, 0.15) is 50.5 Å². The van der Waals surface area contributed by atoms with E-state index in [-0.39, 0.29) is 0 Å². The molecule has 0 bridgehead atoms. The number of rotatable bonds is 5. The van der Waals surface area contributed by atoms with Gasteiger partial charge >= 0.3 is 0 Å². The van der Waals surface area contributed by atoms with Gasteiger partial charge in [-0.05, 0) is 61.6 Å². The topological polar surface area (TPSA) is 21.3 Å². The number of hydrogen-bond donors (Lipinski definition) is 1. The van der Waals surface area contributed by atoms with Crippen LogP contribution in [0.25, 0.3) is 0 Å². The molecule has 110 valence electrons. The standard InChI is InChI=1S/C18H27NO/c1-13-7-8-14(12-19-15-9-10-15)17(11-13)16-5-3-4-6-18(16)20-2/h3-6,13-15,17,19H,7-12H2,1-2H3. The van der Waals surface area contributed by atoms with Crippen LogP contribution in [0.15, 0.2) is 24.3 Å². The summed E-state index contributed by atoms with van der Waals surface area (Å²) in [5.41, 5.74) is 1.42. The van der Waals surface area contributed by atoms with Crippen molar-refractivity contribution in [1.29, 1.82) is 0 Å². The van der Waals surface area contributed by atoms with Gasteiger partial charge in [0.05, 0.1) is 7.11 Å². The Morgan fingerprint density at radius 2 is 1.95 bits per heavy atom. The van der Waals surface area contributed by atoms with E-state index < -0.39 is 0 Å². The zero-order valence-corrected chi connectivity index (χ0v) is 12.8. The lowest BCUT2D eigenvalue weighted by Gasteiger charge is -2.36. The van der Waals surface area contributed by atoms with Crippen molar-refractivity contribution in [3.8, 4) is 5.75 Å². The number of para-hydroxylation sites is 1. The molecular weight excluding hydrogens is 246 g/mol. The van der Waals surface area contributed by atoms with Gasteiger partial charge in [-0.25, -0.2) is 0 Å². The van der Waals surface area contributed by atoms with E-state index in [1.807, 2.05) is 0 Å². The summed E-state index contributed by atoms with van der Waals surface area (Å²) in [5, 5.41) is 3.74. The van der Waals surface area contributed by atoms with Gasteiger partial charge in [0.25, 0.3) is 0 Å². The van der Waals surface area contributed by atoms with Crippen LogP contribution < -0.4 is 10.1 Å². The second-order valence-electron chi connectivity index (χ2n) is 6.71. The molecular formula is C18H27NO. The number of ether oxygens (including phenoxy) is 1. The number of benzene rings is 1. The van der Waals surface area contributed by atoms with Crippen LogP contribution in [-0.2, 0) is 0 Å². The molecule has 0 aliphatic heterocycles. The Morgan fingerprint density at radius 1 is 1.15 bits per heavy atom. The predicted octanol–water partition coefficient (Wildman–Crippen LogP) is 3.97. The molecule has 2 heteroatoms. The Balaban J connectivity index is 1.77. The van der Waals surface area contributed by atoms with Gasteiger partial charge in [-0.1, -0.05) is 31.5 Å². The Bertz CT molecular complexity index is 441. The molecule has 0 spiro atoms. The summed E-state index contributed by atoms with van der Waals surface area (Å²) in [5.74, 6) is 3.33. The summed E-state index contributed by atoms with van der Waals surface area (Å²) in [7, 11) is 1.79. The molecule has 0 amide bonds. The zero-order valence-electron chi connectivity index (χ0n) is 12.8. The zero-order chi connectivity index (χ0) is 13.9. The van der Waals surface area contributed by atoms with E-state index in [1.165, 1.54) is 44.2 Å². The Hall–Kier alpha value is -1.02. The van der Waals surface area contributed by atoms with Crippen molar-refractivity contribution < 1.29 is 4.74 Å². The fraction of sp³-hybridized carbons (Fsp3) is 0.667. The van der Waals surface area contributed by atoms with Crippen LogP contribution in [0.3, 0.4) is 0 Å². The maximum atomic E-state index is 5.60. The monoisotopic (exact) mass is 273 g/mol. The molecule has 1 aromatic carbocycles. The van der Waals surface area contributed by atoms with Gasteiger partial charge in [0.2, 0.25) is 0 Å². The Kier molecular flexibility index (Phi) is 4.30. The molecule has 20 heavy (non-hydrogen) atoms. The molecule has 2 fully saturated rings. The largest absolute Gasteiger partial charge is 0.496 e. The van der Waals surface area contributed by atoms with E-state index in [2.05, 4.69) is 36.5 Å². The van der Waals surface area contributed by atoms with Gasteiger partial charge in [0.1, 0.15) is 5.75 Å². The van der Waals surface area contributed by atoms with Gasteiger partial charge in [-0.3, -0.25) is 0 Å². The first-order valence-corrected chi connectivity index (χ1v) is 8.14. The van der Waals surface area contributed by atoms with Gasteiger partial charge in [-0.2, -0.15) is 0 Å². The fourth-order valence-electron chi connectivity index (χ4n) is 3.65. The average Bonchev–Trinajstić information content (AvgIpc) is 3.30. The molecule has 3 unspecified atom stereocenters. The Morgan fingerprint density at radius 3 is 2.70 bits per heavy atom. The summed E-state index contributed by atoms with van der Waals surface area (Å²) >= 11 is 0. The van der Waals surface area contributed by atoms with E-state index in [0.29, 0.717) is 5.92 Å². The third kappa shape index (κ3) is 3.17. The SMILES string of the molecule is COc1ccccc1C1CC(C)CCC1CNC1CC1. The molecule has 0 radical (unpaired) electrons. The smallest absolute Gasteiger partial charge is 0.122 e. The lowest BCUT2D eigenvalue weighted by Crippen LogP contribution is -2.32. The third-order valence-electron chi connectivity index (χ3n) is 5.04. The first kappa shape index (κ1) is 13.9. The van der Waals surface area contributed by atoms with Gasteiger partial charge in [-0.15, -0.1) is 0 Å². The number of methoxy groups -OCH3 is 1. The van der Waals surface area contributed by atoms with Crippen LogP contribution in [0.4, 0.5) is 0 Å². The van der Waals surface area contributed by atoms with Crippen LogP contribution in [-0.4, -0.2) is 19.7 Å². The van der Waals surface area contributed by atoms with Gasteiger partial charge < -0.3 is 10.1 Å². The van der Waals surface area contributed by atoms with Gasteiger partial charge in [0.15, 0.2) is 0 Å². The first-order valence-electron chi connectivity index (χ1n) is 8.14. The van der Waals surface area contributed by atoms with E-state index in [4.69, 9.17) is 4.74 Å². The summed E-state index contributed by atoms with van der Waals surface area (Å²) in [6.07, 6.45) is 6.79. The minimum Gasteiger partial charge on any atom is -0.496 e. The average molecular weight is 273 g/mol. The van der Waals surface area contributed by atoms with Crippen LogP contribution in [0, 0.1) is 11.8 Å². The van der Waals surface area contributed by atoms with Crippen molar-refractivity contribution in [2.45, 2.75) is 51.0 Å². The molecule has 3 atom stereocenters. The van der Waals surface area contributed by atoms with E-state index >= 15 is 0 Å². The molecule has 0 heterocycles. The molecule has 1 N–H and O–H groups in total.